The smallest absolute Gasteiger partial charge is 0.305 e. The highest BCUT2D eigenvalue weighted by atomic mass is 35.5. The first-order valence-corrected chi connectivity index (χ1v) is 12.2. The van der Waals surface area contributed by atoms with Gasteiger partial charge in [0.15, 0.2) is 5.78 Å². The Kier molecular flexibility index (Phi) is 8.04. The second kappa shape index (κ2) is 11.4. The van der Waals surface area contributed by atoms with Crippen LogP contribution in [0.2, 0.25) is 5.02 Å². The van der Waals surface area contributed by atoms with Gasteiger partial charge < -0.3 is 15.0 Å². The van der Waals surface area contributed by atoms with Crippen LogP contribution in [-0.4, -0.2) is 33.9 Å². The highest BCUT2D eigenvalue weighted by Gasteiger charge is 2.25. The molecule has 4 rings (SSSR count). The Morgan fingerprint density at radius 2 is 1.57 bits per heavy atom. The molecule has 4 aromatic rings. The van der Waals surface area contributed by atoms with Gasteiger partial charge in [0.2, 0.25) is 0 Å². The molecule has 1 heterocycles. The van der Waals surface area contributed by atoms with Gasteiger partial charge in [0, 0.05) is 41.0 Å². The quantitative estimate of drug-likeness (QED) is 0.272. The molecule has 0 fully saturated rings. The molecule has 1 atom stereocenters. The van der Waals surface area contributed by atoms with E-state index < -0.39 is 11.9 Å². The van der Waals surface area contributed by atoms with Crippen molar-refractivity contribution in [2.45, 2.75) is 19.3 Å². The lowest BCUT2D eigenvalue weighted by molar-refractivity contribution is -0.136. The van der Waals surface area contributed by atoms with E-state index >= 15 is 0 Å². The van der Waals surface area contributed by atoms with Gasteiger partial charge in [0.05, 0.1) is 12.1 Å². The van der Waals surface area contributed by atoms with Gasteiger partial charge in [-0.3, -0.25) is 14.4 Å². The molecule has 190 valence electrons. The number of hydrogen-bond donors (Lipinski definition) is 2. The SMILES string of the molecule is Cn1c(C(=O)C(Cc2ccc(F)cc2)Cc2ccc(C(=O)NCCC(=O)O)cc2)cc2cc(Cl)ccc21. The Morgan fingerprint density at radius 1 is 0.946 bits per heavy atom. The molecule has 1 amide bonds. The topological polar surface area (TPSA) is 88.4 Å². The van der Waals surface area contributed by atoms with Crippen molar-refractivity contribution in [2.24, 2.45) is 13.0 Å². The number of benzene rings is 3. The van der Waals surface area contributed by atoms with Crippen LogP contribution in [0.3, 0.4) is 0 Å². The number of carbonyl (C=O) groups is 3. The molecule has 8 heteroatoms. The summed E-state index contributed by atoms with van der Waals surface area (Å²) in [6.07, 6.45) is 0.676. The third kappa shape index (κ3) is 6.43. The highest BCUT2D eigenvalue weighted by Crippen LogP contribution is 2.27. The summed E-state index contributed by atoms with van der Waals surface area (Å²) in [5.74, 6) is -2.16. The van der Waals surface area contributed by atoms with Gasteiger partial charge >= 0.3 is 5.97 Å². The minimum atomic E-state index is -0.985. The highest BCUT2D eigenvalue weighted by molar-refractivity contribution is 6.31. The maximum absolute atomic E-state index is 13.8. The summed E-state index contributed by atoms with van der Waals surface area (Å²) in [4.78, 5) is 36.7. The van der Waals surface area contributed by atoms with Crippen molar-refractivity contribution in [1.82, 2.24) is 9.88 Å². The number of carbonyl (C=O) groups excluding carboxylic acids is 2. The summed E-state index contributed by atoms with van der Waals surface area (Å²) in [5, 5.41) is 12.8. The van der Waals surface area contributed by atoms with Crippen molar-refractivity contribution in [3.63, 3.8) is 0 Å². The molecule has 1 unspecified atom stereocenters. The summed E-state index contributed by atoms with van der Waals surface area (Å²) in [7, 11) is 1.84. The standard InChI is InChI=1S/C29H26ClFN2O4/c1-33-25-11-8-23(30)16-21(25)17-26(33)28(36)22(15-19-4-9-24(31)10-5-19)14-18-2-6-20(7-3-18)29(37)32-13-12-27(34)35/h2-11,16-17,22H,12-15H2,1H3,(H,32,37)(H,34,35). The number of nitrogens with zero attached hydrogens (tertiary/aromatic N) is 1. The van der Waals surface area contributed by atoms with E-state index in [1.54, 1.807) is 42.5 Å². The predicted molar refractivity (Wildman–Crippen MR) is 141 cm³/mol. The molecule has 37 heavy (non-hydrogen) atoms. The number of aryl methyl sites for hydroxylation is 1. The van der Waals surface area contributed by atoms with Crippen LogP contribution in [0.15, 0.2) is 72.8 Å². The normalized spacial score (nSPS) is 11.9. The zero-order valence-corrected chi connectivity index (χ0v) is 21.0. The van der Waals surface area contributed by atoms with Crippen LogP contribution in [0.25, 0.3) is 10.9 Å². The van der Waals surface area contributed by atoms with E-state index in [-0.39, 0.29) is 30.5 Å². The summed E-state index contributed by atoms with van der Waals surface area (Å²) < 4.78 is 15.3. The van der Waals surface area contributed by atoms with Crippen LogP contribution < -0.4 is 5.32 Å². The summed E-state index contributed by atoms with van der Waals surface area (Å²) >= 11 is 6.15. The Bertz CT molecular complexity index is 1450. The number of nitrogens with one attached hydrogen (secondary N) is 1. The molecular weight excluding hydrogens is 495 g/mol. The Hall–Kier alpha value is -3.97. The van der Waals surface area contributed by atoms with Crippen LogP contribution in [-0.2, 0) is 24.7 Å². The van der Waals surface area contributed by atoms with Crippen LogP contribution in [0.1, 0.15) is 38.4 Å². The van der Waals surface area contributed by atoms with Crippen LogP contribution in [0.5, 0.6) is 0 Å². The zero-order chi connectivity index (χ0) is 26.5. The number of aliphatic carboxylic acids is 1. The van der Waals surface area contributed by atoms with Gasteiger partial charge in [-0.25, -0.2) is 4.39 Å². The van der Waals surface area contributed by atoms with Crippen molar-refractivity contribution in [3.05, 3.63) is 106 Å². The first-order chi connectivity index (χ1) is 17.7. The Labute approximate surface area is 218 Å². The van der Waals surface area contributed by atoms with Gasteiger partial charge in [-0.1, -0.05) is 35.9 Å². The number of Topliss-reactive ketones (excluding diaryl/α,β-unsaturated/α-hetero) is 1. The molecule has 0 saturated heterocycles. The molecule has 3 aromatic carbocycles. The van der Waals surface area contributed by atoms with E-state index in [1.807, 2.05) is 29.8 Å². The summed E-state index contributed by atoms with van der Waals surface area (Å²) in [6, 6.07) is 20.3. The second-order valence-corrected chi connectivity index (χ2v) is 9.42. The molecule has 0 spiro atoms. The van der Waals surface area contributed by atoms with Crippen molar-refractivity contribution >= 4 is 40.2 Å². The largest absolute Gasteiger partial charge is 0.481 e. The predicted octanol–water partition coefficient (Wildman–Crippen LogP) is 5.46. The van der Waals surface area contributed by atoms with E-state index in [0.29, 0.717) is 29.1 Å². The van der Waals surface area contributed by atoms with E-state index in [1.165, 1.54) is 12.1 Å². The number of ketones is 1. The number of halogens is 2. The molecule has 0 radical (unpaired) electrons. The molecule has 0 aliphatic carbocycles. The van der Waals surface area contributed by atoms with Crippen LogP contribution in [0, 0.1) is 11.7 Å². The third-order valence-electron chi connectivity index (χ3n) is 6.35. The minimum Gasteiger partial charge on any atom is -0.481 e. The lowest BCUT2D eigenvalue weighted by atomic mass is 9.87. The molecule has 1 aromatic heterocycles. The lowest BCUT2D eigenvalue weighted by Gasteiger charge is -2.17. The fourth-order valence-corrected chi connectivity index (χ4v) is 4.57. The summed E-state index contributed by atoms with van der Waals surface area (Å²) in [6.45, 7) is 0.0421. The van der Waals surface area contributed by atoms with Crippen molar-refractivity contribution in [2.75, 3.05) is 6.54 Å². The molecule has 0 bridgehead atoms. The summed E-state index contributed by atoms with van der Waals surface area (Å²) in [5.41, 5.74) is 3.56. The Morgan fingerprint density at radius 3 is 2.19 bits per heavy atom. The van der Waals surface area contributed by atoms with Gasteiger partial charge in [0.1, 0.15) is 5.82 Å². The number of aromatic nitrogens is 1. The average Bonchev–Trinajstić information content (AvgIpc) is 3.19. The minimum absolute atomic E-state index is 0.0421. The number of carboxylic acids is 1. The fraction of sp³-hybridized carbons (Fsp3) is 0.207. The second-order valence-electron chi connectivity index (χ2n) is 8.98. The van der Waals surface area contributed by atoms with Gasteiger partial charge in [-0.2, -0.15) is 0 Å². The number of amides is 1. The van der Waals surface area contributed by atoms with Gasteiger partial charge in [-0.15, -0.1) is 0 Å². The molecule has 0 saturated carbocycles. The Balaban J connectivity index is 1.58. The molecule has 6 nitrogen and oxygen atoms in total. The maximum atomic E-state index is 13.8. The fourth-order valence-electron chi connectivity index (χ4n) is 4.39. The molecule has 0 aliphatic rings. The number of hydrogen-bond acceptors (Lipinski definition) is 3. The monoisotopic (exact) mass is 520 g/mol. The molecule has 2 N–H and O–H groups in total. The van der Waals surface area contributed by atoms with Gasteiger partial charge in [-0.05, 0) is 72.5 Å². The van der Waals surface area contributed by atoms with E-state index in [2.05, 4.69) is 5.32 Å². The lowest BCUT2D eigenvalue weighted by Crippen LogP contribution is -2.26. The number of carboxylic acid groups (broad SMARTS) is 1. The van der Waals surface area contributed by atoms with E-state index in [9.17, 15) is 18.8 Å². The van der Waals surface area contributed by atoms with Gasteiger partial charge in [0.25, 0.3) is 5.91 Å². The molecule has 0 aliphatic heterocycles. The van der Waals surface area contributed by atoms with Crippen LogP contribution in [0.4, 0.5) is 4.39 Å². The first-order valence-electron chi connectivity index (χ1n) is 11.8. The maximum Gasteiger partial charge on any atom is 0.305 e. The average molecular weight is 521 g/mol. The number of fused-ring (bicyclic) bond motifs is 1. The zero-order valence-electron chi connectivity index (χ0n) is 20.2. The van der Waals surface area contributed by atoms with Crippen molar-refractivity contribution in [3.8, 4) is 0 Å². The van der Waals surface area contributed by atoms with Crippen LogP contribution >= 0.6 is 11.6 Å². The first kappa shape index (κ1) is 26.1. The van der Waals surface area contributed by atoms with E-state index in [4.69, 9.17) is 16.7 Å². The number of rotatable bonds is 10. The molecular formula is C29H26ClFN2O4. The van der Waals surface area contributed by atoms with Crippen molar-refractivity contribution < 1.29 is 23.9 Å². The van der Waals surface area contributed by atoms with E-state index in [0.717, 1.165) is 22.0 Å². The van der Waals surface area contributed by atoms with Crippen molar-refractivity contribution in [1.29, 1.82) is 0 Å². The third-order valence-corrected chi connectivity index (χ3v) is 6.58.